The summed E-state index contributed by atoms with van der Waals surface area (Å²) in [7, 11) is 0. The van der Waals surface area contributed by atoms with E-state index >= 15 is 0 Å². The van der Waals surface area contributed by atoms with Crippen molar-refractivity contribution in [2.24, 2.45) is 0 Å². The molecule has 0 spiro atoms. The lowest BCUT2D eigenvalue weighted by Crippen LogP contribution is -2.49. The lowest BCUT2D eigenvalue weighted by molar-refractivity contribution is -0.142. The van der Waals surface area contributed by atoms with Crippen LogP contribution in [0.3, 0.4) is 0 Å². The van der Waals surface area contributed by atoms with Crippen molar-refractivity contribution >= 4 is 39.3 Å². The number of carbonyl (C=O) groups is 2. The second kappa shape index (κ2) is 11.8. The van der Waals surface area contributed by atoms with Crippen LogP contribution < -0.4 is 10.1 Å². The monoisotopic (exact) mass is 480 g/mol. The summed E-state index contributed by atoms with van der Waals surface area (Å²) in [5.41, 5.74) is 0.915. The zero-order valence-corrected chi connectivity index (χ0v) is 19.0. The highest BCUT2D eigenvalue weighted by Crippen LogP contribution is 2.23. The minimum absolute atomic E-state index is 0.181. The van der Waals surface area contributed by atoms with Gasteiger partial charge in [-0.1, -0.05) is 65.1 Å². The fraction of sp³-hybridized carbons (Fsp3) is 0.364. The molecule has 2 amide bonds. The predicted molar refractivity (Wildman–Crippen MR) is 119 cm³/mol. The third-order valence-electron chi connectivity index (χ3n) is 4.43. The van der Waals surface area contributed by atoms with Gasteiger partial charge >= 0.3 is 0 Å². The molecule has 0 radical (unpaired) electrons. The quantitative estimate of drug-likeness (QED) is 0.495. The van der Waals surface area contributed by atoms with Crippen molar-refractivity contribution in [3.63, 3.8) is 0 Å². The van der Waals surface area contributed by atoms with E-state index in [2.05, 4.69) is 28.2 Å². The number of hydrogen-bond acceptors (Lipinski definition) is 3. The molecule has 2 aromatic rings. The van der Waals surface area contributed by atoms with E-state index in [0.29, 0.717) is 23.9 Å². The number of halogens is 2. The molecule has 1 atom stereocenters. The summed E-state index contributed by atoms with van der Waals surface area (Å²) in [5.74, 6) is -0.0347. The summed E-state index contributed by atoms with van der Waals surface area (Å²) >= 11 is 9.54. The fourth-order valence-electron chi connectivity index (χ4n) is 2.73. The molecular weight excluding hydrogens is 456 g/mol. The Morgan fingerprint density at radius 1 is 1.21 bits per heavy atom. The Hall–Kier alpha value is -2.05. The average molecular weight is 482 g/mol. The van der Waals surface area contributed by atoms with Gasteiger partial charge in [-0.25, -0.2) is 0 Å². The van der Waals surface area contributed by atoms with Crippen LogP contribution in [0.5, 0.6) is 5.75 Å². The molecule has 0 saturated carbocycles. The summed E-state index contributed by atoms with van der Waals surface area (Å²) in [6.07, 6.45) is 1.88. The summed E-state index contributed by atoms with van der Waals surface area (Å²) in [4.78, 5) is 27.1. The molecule has 5 nitrogen and oxygen atoms in total. The molecule has 0 aliphatic heterocycles. The van der Waals surface area contributed by atoms with Crippen LogP contribution in [0.25, 0.3) is 0 Å². The molecular formula is C22H26BrClN2O3. The SMILES string of the molecule is CCCCNC(=O)[C@H](C)N(Cc1cccc(Br)c1)C(=O)COc1ccccc1Cl. The van der Waals surface area contributed by atoms with E-state index in [-0.39, 0.29) is 18.4 Å². The van der Waals surface area contributed by atoms with Crippen molar-refractivity contribution in [2.75, 3.05) is 13.2 Å². The van der Waals surface area contributed by atoms with Gasteiger partial charge in [0.05, 0.1) is 5.02 Å². The smallest absolute Gasteiger partial charge is 0.261 e. The Kier molecular flexibility index (Phi) is 9.48. The molecule has 2 aromatic carbocycles. The number of para-hydroxylation sites is 1. The fourth-order valence-corrected chi connectivity index (χ4v) is 3.37. The molecule has 7 heteroatoms. The number of benzene rings is 2. The maximum atomic E-state index is 13.0. The first-order valence-corrected chi connectivity index (χ1v) is 10.8. The topological polar surface area (TPSA) is 58.6 Å². The number of hydrogen-bond donors (Lipinski definition) is 1. The van der Waals surface area contributed by atoms with E-state index in [0.717, 1.165) is 22.9 Å². The van der Waals surface area contributed by atoms with Crippen LogP contribution in [-0.2, 0) is 16.1 Å². The second-order valence-electron chi connectivity index (χ2n) is 6.69. The Bertz CT molecular complexity index is 831. The van der Waals surface area contributed by atoms with E-state index < -0.39 is 6.04 Å². The van der Waals surface area contributed by atoms with Gasteiger partial charge in [0, 0.05) is 17.6 Å². The average Bonchev–Trinajstić information content (AvgIpc) is 2.71. The minimum Gasteiger partial charge on any atom is -0.482 e. The van der Waals surface area contributed by atoms with Crippen LogP contribution in [0.1, 0.15) is 32.3 Å². The Labute approximate surface area is 185 Å². The van der Waals surface area contributed by atoms with Crippen LogP contribution in [0.15, 0.2) is 53.0 Å². The Morgan fingerprint density at radius 2 is 1.97 bits per heavy atom. The van der Waals surface area contributed by atoms with Crippen LogP contribution >= 0.6 is 27.5 Å². The van der Waals surface area contributed by atoms with E-state index in [4.69, 9.17) is 16.3 Å². The van der Waals surface area contributed by atoms with Crippen LogP contribution in [0.2, 0.25) is 5.02 Å². The molecule has 156 valence electrons. The molecule has 0 aromatic heterocycles. The van der Waals surface area contributed by atoms with Gasteiger partial charge in [-0.3, -0.25) is 9.59 Å². The van der Waals surface area contributed by atoms with Crippen molar-refractivity contribution in [2.45, 2.75) is 39.3 Å². The Balaban J connectivity index is 2.12. The zero-order chi connectivity index (χ0) is 21.2. The molecule has 0 heterocycles. The summed E-state index contributed by atoms with van der Waals surface area (Å²) in [6.45, 7) is 4.48. The number of carbonyl (C=O) groups excluding carboxylic acids is 2. The highest BCUT2D eigenvalue weighted by Gasteiger charge is 2.26. The predicted octanol–water partition coefficient (Wildman–Crippen LogP) is 4.81. The molecule has 2 rings (SSSR count). The van der Waals surface area contributed by atoms with E-state index in [1.165, 1.54) is 4.90 Å². The van der Waals surface area contributed by atoms with Gasteiger partial charge in [-0.15, -0.1) is 0 Å². The molecule has 29 heavy (non-hydrogen) atoms. The largest absolute Gasteiger partial charge is 0.482 e. The zero-order valence-electron chi connectivity index (χ0n) is 16.7. The van der Waals surface area contributed by atoms with Gasteiger partial charge in [0.25, 0.3) is 5.91 Å². The molecule has 1 N–H and O–H groups in total. The van der Waals surface area contributed by atoms with Crippen molar-refractivity contribution in [3.05, 3.63) is 63.6 Å². The standard InChI is InChI=1S/C22H26BrClN2O3/c1-3-4-12-25-22(28)16(2)26(14-17-8-7-9-18(23)13-17)21(27)15-29-20-11-6-5-10-19(20)24/h5-11,13,16H,3-4,12,14-15H2,1-2H3,(H,25,28)/t16-/m0/s1. The Morgan fingerprint density at radius 3 is 2.66 bits per heavy atom. The molecule has 0 fully saturated rings. The summed E-state index contributed by atoms with van der Waals surface area (Å²) < 4.78 is 6.52. The van der Waals surface area contributed by atoms with Crippen LogP contribution in [0, 0.1) is 0 Å². The van der Waals surface area contributed by atoms with Crippen molar-refractivity contribution < 1.29 is 14.3 Å². The number of nitrogens with zero attached hydrogens (tertiary/aromatic N) is 1. The van der Waals surface area contributed by atoms with Gasteiger partial charge in [-0.05, 0) is 43.2 Å². The number of rotatable bonds is 10. The van der Waals surface area contributed by atoms with Crippen molar-refractivity contribution in [1.82, 2.24) is 10.2 Å². The molecule has 0 saturated heterocycles. The van der Waals surface area contributed by atoms with Gasteiger partial charge in [-0.2, -0.15) is 0 Å². The highest BCUT2D eigenvalue weighted by atomic mass is 79.9. The van der Waals surface area contributed by atoms with Crippen LogP contribution in [-0.4, -0.2) is 35.9 Å². The molecule has 0 unspecified atom stereocenters. The number of unbranched alkanes of at least 4 members (excludes halogenated alkanes) is 1. The first-order chi connectivity index (χ1) is 13.9. The third kappa shape index (κ3) is 7.37. The van der Waals surface area contributed by atoms with Gasteiger partial charge < -0.3 is 15.0 Å². The molecule has 0 aliphatic rings. The summed E-state index contributed by atoms with van der Waals surface area (Å²) in [6, 6.07) is 14.0. The number of amides is 2. The maximum Gasteiger partial charge on any atom is 0.261 e. The number of nitrogens with one attached hydrogen (secondary N) is 1. The van der Waals surface area contributed by atoms with Crippen molar-refractivity contribution in [3.8, 4) is 5.75 Å². The van der Waals surface area contributed by atoms with E-state index in [1.54, 1.807) is 31.2 Å². The molecule has 0 aliphatic carbocycles. The lowest BCUT2D eigenvalue weighted by Gasteiger charge is -2.29. The normalized spacial score (nSPS) is 11.6. The van der Waals surface area contributed by atoms with E-state index in [9.17, 15) is 9.59 Å². The number of ether oxygens (including phenoxy) is 1. The van der Waals surface area contributed by atoms with Gasteiger partial charge in [0.2, 0.25) is 5.91 Å². The van der Waals surface area contributed by atoms with E-state index in [1.807, 2.05) is 24.3 Å². The highest BCUT2D eigenvalue weighted by molar-refractivity contribution is 9.10. The second-order valence-corrected chi connectivity index (χ2v) is 8.01. The van der Waals surface area contributed by atoms with Gasteiger partial charge in [0.15, 0.2) is 6.61 Å². The van der Waals surface area contributed by atoms with Gasteiger partial charge in [0.1, 0.15) is 11.8 Å². The summed E-state index contributed by atoms with van der Waals surface area (Å²) in [5, 5.41) is 3.33. The maximum absolute atomic E-state index is 13.0. The first-order valence-electron chi connectivity index (χ1n) is 9.61. The lowest BCUT2D eigenvalue weighted by atomic mass is 10.1. The first kappa shape index (κ1) is 23.2. The third-order valence-corrected chi connectivity index (χ3v) is 5.23. The van der Waals surface area contributed by atoms with Crippen molar-refractivity contribution in [1.29, 1.82) is 0 Å². The minimum atomic E-state index is -0.631. The molecule has 0 bridgehead atoms. The van der Waals surface area contributed by atoms with Crippen LogP contribution in [0.4, 0.5) is 0 Å².